The number of halogens is 4. The standard InChI is InChI=1S/C25H20ClF3N2O3/c26-18-10-12-20(13-11-18)30-22(32)31(19-7-2-1-3-8-19)24(33,23(30)14-5-15-23)17-6-4-9-21(16-17)34-25(27,28)29/h1-4,6-13,16,33H,5,14-15H2. The molecule has 2 fully saturated rings. The summed E-state index contributed by atoms with van der Waals surface area (Å²) < 4.78 is 42.9. The monoisotopic (exact) mass is 488 g/mol. The molecule has 1 aliphatic heterocycles. The Morgan fingerprint density at radius 2 is 1.53 bits per heavy atom. The molecule has 5 nitrogen and oxygen atoms in total. The molecule has 1 aliphatic carbocycles. The summed E-state index contributed by atoms with van der Waals surface area (Å²) in [5.41, 5.74) is -1.99. The first-order chi connectivity index (χ1) is 16.2. The van der Waals surface area contributed by atoms with E-state index in [0.29, 0.717) is 29.2 Å². The molecule has 1 saturated carbocycles. The number of carbonyl (C=O) groups is 1. The number of aliphatic hydroxyl groups is 1. The van der Waals surface area contributed by atoms with E-state index in [2.05, 4.69) is 4.74 Å². The number of hydrogen-bond acceptors (Lipinski definition) is 3. The van der Waals surface area contributed by atoms with Crippen LogP contribution in [0.25, 0.3) is 0 Å². The summed E-state index contributed by atoms with van der Waals surface area (Å²) in [5.74, 6) is -0.474. The van der Waals surface area contributed by atoms with Crippen molar-refractivity contribution in [1.82, 2.24) is 0 Å². The van der Waals surface area contributed by atoms with Gasteiger partial charge in [-0.3, -0.25) is 9.80 Å². The van der Waals surface area contributed by atoms with Crippen LogP contribution in [0.2, 0.25) is 5.02 Å². The lowest BCUT2D eigenvalue weighted by molar-refractivity contribution is -0.274. The van der Waals surface area contributed by atoms with E-state index in [1.165, 1.54) is 21.9 Å². The Hall–Kier alpha value is -3.23. The Bertz CT molecular complexity index is 1220. The van der Waals surface area contributed by atoms with Gasteiger partial charge in [0.2, 0.25) is 0 Å². The minimum absolute atomic E-state index is 0.127. The molecule has 0 aromatic heterocycles. The fourth-order valence-electron chi connectivity index (χ4n) is 5.00. The van der Waals surface area contributed by atoms with Crippen molar-refractivity contribution in [1.29, 1.82) is 0 Å². The summed E-state index contributed by atoms with van der Waals surface area (Å²) in [5, 5.41) is 12.9. The summed E-state index contributed by atoms with van der Waals surface area (Å²) in [7, 11) is 0. The summed E-state index contributed by atoms with van der Waals surface area (Å²) in [6.45, 7) is 0. The minimum Gasteiger partial charge on any atom is -0.406 e. The van der Waals surface area contributed by atoms with Crippen molar-refractivity contribution >= 4 is 29.0 Å². The van der Waals surface area contributed by atoms with Gasteiger partial charge in [0.05, 0.1) is 0 Å². The van der Waals surface area contributed by atoms with Gasteiger partial charge in [-0.2, -0.15) is 0 Å². The number of amides is 2. The zero-order valence-corrected chi connectivity index (χ0v) is 18.6. The zero-order valence-electron chi connectivity index (χ0n) is 17.8. The van der Waals surface area contributed by atoms with Gasteiger partial charge in [-0.25, -0.2) is 4.79 Å². The largest absolute Gasteiger partial charge is 0.573 e. The third-order valence-electron chi connectivity index (χ3n) is 6.53. The molecule has 1 unspecified atom stereocenters. The van der Waals surface area contributed by atoms with Gasteiger partial charge in [-0.1, -0.05) is 41.9 Å². The average molecular weight is 489 g/mol. The molecule has 1 N–H and O–H groups in total. The van der Waals surface area contributed by atoms with Crippen molar-refractivity contribution in [2.24, 2.45) is 0 Å². The van der Waals surface area contributed by atoms with Crippen LogP contribution in [0.1, 0.15) is 24.8 Å². The van der Waals surface area contributed by atoms with Gasteiger partial charge in [0.1, 0.15) is 11.3 Å². The van der Waals surface area contributed by atoms with Crippen molar-refractivity contribution < 1.29 is 27.8 Å². The Morgan fingerprint density at radius 3 is 2.12 bits per heavy atom. The number of nitrogens with zero attached hydrogens (tertiary/aromatic N) is 2. The molecule has 2 amide bonds. The fraction of sp³-hybridized carbons (Fsp3) is 0.240. The topological polar surface area (TPSA) is 53.0 Å². The SMILES string of the molecule is O=C1N(c2ccc(Cl)cc2)C2(CCC2)C(O)(c2cccc(OC(F)(F)F)c2)N1c1ccccc1. The third kappa shape index (κ3) is 3.40. The second kappa shape index (κ2) is 7.92. The highest BCUT2D eigenvalue weighted by Crippen LogP contribution is 2.59. The van der Waals surface area contributed by atoms with Crippen LogP contribution < -0.4 is 14.5 Å². The quantitative estimate of drug-likeness (QED) is 0.459. The number of anilines is 2. The van der Waals surface area contributed by atoms with Crippen molar-refractivity contribution in [3.05, 3.63) is 89.4 Å². The maximum Gasteiger partial charge on any atom is 0.573 e. The van der Waals surface area contributed by atoms with Gasteiger partial charge < -0.3 is 9.84 Å². The molecule has 1 heterocycles. The number of benzene rings is 3. The summed E-state index contributed by atoms with van der Waals surface area (Å²) in [6, 6.07) is 20.0. The van der Waals surface area contributed by atoms with E-state index >= 15 is 0 Å². The van der Waals surface area contributed by atoms with Crippen LogP contribution in [0.3, 0.4) is 0 Å². The van der Waals surface area contributed by atoms with Crippen LogP contribution in [0, 0.1) is 0 Å². The lowest BCUT2D eigenvalue weighted by Crippen LogP contribution is -2.63. The maximum absolute atomic E-state index is 14.0. The Balaban J connectivity index is 1.72. The highest BCUT2D eigenvalue weighted by atomic mass is 35.5. The lowest BCUT2D eigenvalue weighted by atomic mass is 9.66. The first-order valence-corrected chi connectivity index (χ1v) is 11.1. The minimum atomic E-state index is -4.89. The van der Waals surface area contributed by atoms with Crippen LogP contribution in [-0.4, -0.2) is 23.0 Å². The molecule has 34 heavy (non-hydrogen) atoms. The van der Waals surface area contributed by atoms with Crippen LogP contribution in [0.4, 0.5) is 29.3 Å². The van der Waals surface area contributed by atoms with Crippen molar-refractivity contribution in [2.75, 3.05) is 9.80 Å². The fourth-order valence-corrected chi connectivity index (χ4v) is 5.13. The molecule has 3 aromatic rings. The van der Waals surface area contributed by atoms with E-state index in [-0.39, 0.29) is 5.56 Å². The van der Waals surface area contributed by atoms with E-state index in [1.807, 2.05) is 0 Å². The summed E-state index contributed by atoms with van der Waals surface area (Å²) in [4.78, 5) is 16.7. The molecular weight excluding hydrogens is 469 g/mol. The molecule has 2 aliphatic rings. The van der Waals surface area contributed by atoms with Crippen LogP contribution in [0.15, 0.2) is 78.9 Å². The van der Waals surface area contributed by atoms with Crippen LogP contribution in [-0.2, 0) is 5.72 Å². The molecular formula is C25H20ClF3N2O3. The van der Waals surface area contributed by atoms with Gasteiger partial charge >= 0.3 is 12.4 Å². The first kappa shape index (κ1) is 22.6. The number of alkyl halides is 3. The number of carbonyl (C=O) groups excluding carboxylic acids is 1. The third-order valence-corrected chi connectivity index (χ3v) is 6.79. The number of hydrogen-bond donors (Lipinski definition) is 1. The van der Waals surface area contributed by atoms with E-state index in [4.69, 9.17) is 11.6 Å². The van der Waals surface area contributed by atoms with Crippen LogP contribution >= 0.6 is 11.6 Å². The van der Waals surface area contributed by atoms with Crippen molar-refractivity contribution in [3.63, 3.8) is 0 Å². The highest BCUT2D eigenvalue weighted by molar-refractivity contribution is 6.30. The number of ether oxygens (including phenoxy) is 1. The second-order valence-electron chi connectivity index (χ2n) is 8.40. The predicted octanol–water partition coefficient (Wildman–Crippen LogP) is 6.45. The van der Waals surface area contributed by atoms with Crippen molar-refractivity contribution in [2.45, 2.75) is 36.9 Å². The van der Waals surface area contributed by atoms with Crippen molar-refractivity contribution in [3.8, 4) is 5.75 Å². The number of rotatable bonds is 4. The average Bonchev–Trinajstić information content (AvgIpc) is 2.98. The highest BCUT2D eigenvalue weighted by Gasteiger charge is 2.70. The molecule has 1 saturated heterocycles. The van der Waals surface area contributed by atoms with Gasteiger partial charge in [0, 0.05) is 22.0 Å². The van der Waals surface area contributed by atoms with E-state index in [0.717, 1.165) is 18.6 Å². The smallest absolute Gasteiger partial charge is 0.406 e. The van der Waals surface area contributed by atoms with Gasteiger partial charge in [0.15, 0.2) is 5.72 Å². The summed E-state index contributed by atoms with van der Waals surface area (Å²) >= 11 is 6.05. The Morgan fingerprint density at radius 1 is 0.882 bits per heavy atom. The first-order valence-electron chi connectivity index (χ1n) is 10.7. The molecule has 1 spiro atoms. The number of urea groups is 1. The molecule has 1 atom stereocenters. The van der Waals surface area contributed by atoms with E-state index in [9.17, 15) is 23.1 Å². The second-order valence-corrected chi connectivity index (χ2v) is 8.83. The van der Waals surface area contributed by atoms with Gasteiger partial charge in [-0.05, 0) is 67.8 Å². The molecule has 0 bridgehead atoms. The van der Waals surface area contributed by atoms with E-state index in [1.54, 1.807) is 54.6 Å². The number of para-hydroxylation sites is 1. The zero-order chi connectivity index (χ0) is 24.1. The maximum atomic E-state index is 14.0. The molecule has 5 rings (SSSR count). The Labute approximate surface area is 198 Å². The molecule has 3 aromatic carbocycles. The van der Waals surface area contributed by atoms with Gasteiger partial charge in [0.25, 0.3) is 0 Å². The molecule has 0 radical (unpaired) electrons. The molecule has 9 heteroatoms. The van der Waals surface area contributed by atoms with Crippen LogP contribution in [0.5, 0.6) is 5.75 Å². The van der Waals surface area contributed by atoms with E-state index < -0.39 is 29.4 Å². The van der Waals surface area contributed by atoms with Gasteiger partial charge in [-0.15, -0.1) is 13.2 Å². The Kier molecular flexibility index (Phi) is 5.26. The predicted molar refractivity (Wildman–Crippen MR) is 122 cm³/mol. The lowest BCUT2D eigenvalue weighted by Gasteiger charge is -2.52. The summed E-state index contributed by atoms with van der Waals surface area (Å²) in [6.07, 6.45) is -3.26. The normalized spacial score (nSPS) is 21.6. The molecule has 176 valence electrons.